The van der Waals surface area contributed by atoms with Gasteiger partial charge in [-0.15, -0.1) is 0 Å². The third kappa shape index (κ3) is 9.88. The van der Waals surface area contributed by atoms with Crippen molar-refractivity contribution in [2.24, 2.45) is 5.73 Å². The van der Waals surface area contributed by atoms with Gasteiger partial charge >= 0.3 is 30.3 Å². The Balaban J connectivity index is 0.00000141. The second kappa shape index (κ2) is 11.5. The number of urea groups is 2. The lowest BCUT2D eigenvalue weighted by Gasteiger charge is -2.12. The molecule has 7 N–H and O–H groups in total. The molecule has 0 aliphatic heterocycles. The van der Waals surface area contributed by atoms with Gasteiger partial charge in [0.1, 0.15) is 0 Å². The van der Waals surface area contributed by atoms with Crippen molar-refractivity contribution < 1.29 is 38.6 Å². The monoisotopic (exact) mass is 371 g/mol. The predicted octanol–water partition coefficient (Wildman–Crippen LogP) is 1.09. The highest BCUT2D eigenvalue weighted by Gasteiger charge is 2.12. The molecule has 0 saturated heterocycles. The van der Waals surface area contributed by atoms with Gasteiger partial charge in [-0.2, -0.15) is 0 Å². The van der Waals surface area contributed by atoms with E-state index in [9.17, 15) is 19.2 Å². The molecule has 0 aromatic heterocycles. The maximum atomic E-state index is 11.5. The molecule has 0 radical (unpaired) electrons. The molecule has 0 fully saturated rings. The number of primary amides is 1. The number of imide groups is 2. The van der Waals surface area contributed by atoms with Gasteiger partial charge in [0.2, 0.25) is 0 Å². The van der Waals surface area contributed by atoms with E-state index in [1.54, 1.807) is 12.1 Å². The van der Waals surface area contributed by atoms with Gasteiger partial charge in [0.25, 0.3) is 0 Å². The zero-order chi connectivity index (χ0) is 20.1. The second-order valence-corrected chi connectivity index (χ2v) is 4.03. The largest absolute Gasteiger partial charge is 0.465 e. The van der Waals surface area contributed by atoms with Crippen molar-refractivity contribution in [2.75, 3.05) is 24.9 Å². The van der Waals surface area contributed by atoms with Gasteiger partial charge in [0.15, 0.2) is 0 Å². The van der Waals surface area contributed by atoms with Gasteiger partial charge < -0.3 is 30.9 Å². The minimum atomic E-state index is -1.33. The summed E-state index contributed by atoms with van der Waals surface area (Å²) in [4.78, 5) is 53.6. The number of hydrogen-bond donors (Lipinski definition) is 6. The average molecular weight is 371 g/mol. The Morgan fingerprint density at radius 1 is 0.846 bits per heavy atom. The minimum Gasteiger partial charge on any atom is -0.465 e. The standard InChI is InChI=1S/C12H14N4O6.CH3NO2/c1-21-11(19)15-9(17)13-7-5-3-4-6-8(7)14-10(18)16-12(20)22-2;2-1(3)4/h3-6H,1-2H3,(H2,13,15,17,19)(H2,14,16,18,20);2H2,(H,3,4). The van der Waals surface area contributed by atoms with Gasteiger partial charge in [-0.25, -0.2) is 34.6 Å². The molecule has 0 saturated carbocycles. The molecule has 26 heavy (non-hydrogen) atoms. The SMILES string of the molecule is COC(=O)NC(=O)Nc1ccccc1NC(=O)NC(=O)OC.NC(=O)O. The van der Waals surface area contributed by atoms with Crippen LogP contribution in [-0.2, 0) is 9.47 Å². The minimum absolute atomic E-state index is 0.198. The van der Waals surface area contributed by atoms with Crippen LogP contribution in [0, 0.1) is 0 Å². The third-order valence-corrected chi connectivity index (χ3v) is 2.23. The van der Waals surface area contributed by atoms with Crippen molar-refractivity contribution in [1.29, 1.82) is 0 Å². The van der Waals surface area contributed by atoms with Crippen LogP contribution in [0.25, 0.3) is 0 Å². The molecule has 1 aromatic carbocycles. The predicted molar refractivity (Wildman–Crippen MR) is 87.8 cm³/mol. The zero-order valence-corrected chi connectivity index (χ0v) is 13.7. The Hall–Kier alpha value is -4.03. The summed E-state index contributed by atoms with van der Waals surface area (Å²) in [6.45, 7) is 0. The lowest BCUT2D eigenvalue weighted by Crippen LogP contribution is -2.36. The first-order chi connectivity index (χ1) is 12.2. The molecule has 0 aliphatic carbocycles. The number of para-hydroxylation sites is 2. The Morgan fingerprint density at radius 3 is 1.42 bits per heavy atom. The van der Waals surface area contributed by atoms with E-state index in [2.05, 4.69) is 25.8 Å². The van der Waals surface area contributed by atoms with Crippen LogP contribution >= 0.6 is 0 Å². The summed E-state index contributed by atoms with van der Waals surface area (Å²) < 4.78 is 8.53. The fraction of sp³-hybridized carbons (Fsp3) is 0.154. The van der Waals surface area contributed by atoms with E-state index in [4.69, 9.17) is 9.90 Å². The fourth-order valence-electron chi connectivity index (χ4n) is 1.30. The highest BCUT2D eigenvalue weighted by Crippen LogP contribution is 2.20. The van der Waals surface area contributed by atoms with E-state index in [0.717, 1.165) is 14.2 Å². The summed E-state index contributed by atoms with van der Waals surface area (Å²) in [6.07, 6.45) is -3.21. The van der Waals surface area contributed by atoms with Gasteiger partial charge in [-0.05, 0) is 12.1 Å². The number of methoxy groups -OCH3 is 2. The van der Waals surface area contributed by atoms with E-state index in [1.165, 1.54) is 12.1 Å². The lowest BCUT2D eigenvalue weighted by molar-refractivity contribution is 0.170. The first-order valence-corrected chi connectivity index (χ1v) is 6.58. The van der Waals surface area contributed by atoms with E-state index >= 15 is 0 Å². The summed E-state index contributed by atoms with van der Waals surface area (Å²) in [5.41, 5.74) is 4.42. The zero-order valence-electron chi connectivity index (χ0n) is 13.7. The van der Waals surface area contributed by atoms with Crippen molar-refractivity contribution in [3.05, 3.63) is 24.3 Å². The number of nitrogens with one attached hydrogen (secondary N) is 4. The first-order valence-electron chi connectivity index (χ1n) is 6.58. The molecule has 0 unspecified atom stereocenters. The second-order valence-electron chi connectivity index (χ2n) is 4.03. The van der Waals surface area contributed by atoms with Crippen LogP contribution in [0.1, 0.15) is 0 Å². The Labute approximate surface area is 146 Å². The van der Waals surface area contributed by atoms with E-state index in [0.29, 0.717) is 0 Å². The van der Waals surface area contributed by atoms with Crippen molar-refractivity contribution in [2.45, 2.75) is 0 Å². The molecule has 142 valence electrons. The summed E-state index contributed by atoms with van der Waals surface area (Å²) >= 11 is 0. The van der Waals surface area contributed by atoms with Gasteiger partial charge in [-0.3, -0.25) is 0 Å². The summed E-state index contributed by atoms with van der Waals surface area (Å²) in [5.74, 6) is 0. The van der Waals surface area contributed by atoms with Crippen molar-refractivity contribution in [3.8, 4) is 0 Å². The maximum Gasteiger partial charge on any atom is 0.415 e. The van der Waals surface area contributed by atoms with Crippen LogP contribution in [0.15, 0.2) is 24.3 Å². The normalized spacial score (nSPS) is 8.69. The van der Waals surface area contributed by atoms with E-state index < -0.39 is 30.3 Å². The maximum absolute atomic E-state index is 11.5. The smallest absolute Gasteiger partial charge is 0.415 e. The number of hydrogen-bond acceptors (Lipinski definition) is 7. The van der Waals surface area contributed by atoms with Crippen LogP contribution in [0.2, 0.25) is 0 Å². The molecule has 1 aromatic rings. The van der Waals surface area contributed by atoms with Crippen LogP contribution in [0.3, 0.4) is 0 Å². The van der Waals surface area contributed by atoms with Crippen molar-refractivity contribution >= 4 is 41.7 Å². The highest BCUT2D eigenvalue weighted by atomic mass is 16.5. The number of alkyl carbamates (subject to hydrolysis) is 2. The molecule has 1 rings (SSSR count). The Bertz CT molecular complexity index is 623. The molecule has 13 heteroatoms. The molecule has 0 atom stereocenters. The number of anilines is 2. The molecule has 0 bridgehead atoms. The van der Waals surface area contributed by atoms with E-state index in [1.807, 2.05) is 10.6 Å². The number of nitrogens with two attached hydrogens (primary N) is 1. The van der Waals surface area contributed by atoms with Crippen LogP contribution in [-0.4, -0.2) is 49.7 Å². The first kappa shape index (κ1) is 22.0. The molecule has 7 amide bonds. The number of benzene rings is 1. The number of ether oxygens (including phenoxy) is 2. The van der Waals surface area contributed by atoms with E-state index in [-0.39, 0.29) is 11.4 Å². The highest BCUT2D eigenvalue weighted by molar-refractivity contribution is 6.04. The molecule has 0 heterocycles. The van der Waals surface area contributed by atoms with Gasteiger partial charge in [-0.1, -0.05) is 12.1 Å². The van der Waals surface area contributed by atoms with Gasteiger partial charge in [0.05, 0.1) is 25.6 Å². The molecule has 13 nitrogen and oxygen atoms in total. The number of carboxylic acid groups (broad SMARTS) is 1. The van der Waals surface area contributed by atoms with Crippen LogP contribution in [0.5, 0.6) is 0 Å². The van der Waals surface area contributed by atoms with Crippen molar-refractivity contribution in [3.63, 3.8) is 0 Å². The van der Waals surface area contributed by atoms with Gasteiger partial charge in [0, 0.05) is 0 Å². The number of amides is 7. The quantitative estimate of drug-likeness (QED) is 0.443. The number of carbonyl (C=O) groups is 5. The van der Waals surface area contributed by atoms with Crippen LogP contribution < -0.4 is 27.0 Å². The molecule has 0 spiro atoms. The van der Waals surface area contributed by atoms with Crippen molar-refractivity contribution in [1.82, 2.24) is 10.6 Å². The third-order valence-electron chi connectivity index (χ3n) is 2.23. The molecule has 0 aliphatic rings. The lowest BCUT2D eigenvalue weighted by atomic mass is 10.2. The number of rotatable bonds is 2. The summed E-state index contributed by atoms with van der Waals surface area (Å²) in [5, 5.41) is 15.6. The van der Waals surface area contributed by atoms with Crippen LogP contribution in [0.4, 0.5) is 35.3 Å². The summed E-state index contributed by atoms with van der Waals surface area (Å²) in [6, 6.07) is 4.44. The average Bonchev–Trinajstić information content (AvgIpc) is 2.55. The Morgan fingerprint density at radius 2 is 1.15 bits per heavy atom. The number of carbonyl (C=O) groups excluding carboxylic acids is 4. The molecular weight excluding hydrogens is 354 g/mol. The summed E-state index contributed by atoms with van der Waals surface area (Å²) in [7, 11) is 2.21. The fourth-order valence-corrected chi connectivity index (χ4v) is 1.30. The Kier molecular flexibility index (Phi) is 9.72. The molecular formula is C13H17N5O8. The topological polar surface area (TPSA) is 198 Å².